The van der Waals surface area contributed by atoms with E-state index in [-0.39, 0.29) is 24.0 Å². The first-order chi connectivity index (χ1) is 10.1. The van der Waals surface area contributed by atoms with Crippen LogP contribution in [0, 0.1) is 11.6 Å². The van der Waals surface area contributed by atoms with E-state index in [1.165, 1.54) is 41.1 Å². The highest BCUT2D eigenvalue weighted by Crippen LogP contribution is 2.08. The topological polar surface area (TPSA) is 46.4 Å². The van der Waals surface area contributed by atoms with Crippen LogP contribution in [-0.4, -0.2) is 15.3 Å². The molecule has 1 amide bonds. The van der Waals surface area contributed by atoms with E-state index in [1.807, 2.05) is 0 Å². The van der Waals surface area contributed by atoms with Crippen LogP contribution in [0.2, 0.25) is 0 Å². The van der Waals surface area contributed by atoms with Gasteiger partial charge in [-0.05, 0) is 29.8 Å². The molecule has 0 aliphatic carbocycles. The molecule has 2 heterocycles. The maximum Gasteiger partial charge on any atom is 0.271 e. The number of hydrogen-bond acceptors (Lipinski definition) is 2. The number of pyridine rings is 1. The molecule has 2 aromatic heterocycles. The molecule has 0 radical (unpaired) electrons. The number of halogens is 2. The molecule has 6 heteroatoms. The van der Waals surface area contributed by atoms with Crippen LogP contribution < -0.4 is 5.32 Å². The van der Waals surface area contributed by atoms with Crippen molar-refractivity contribution in [1.29, 1.82) is 0 Å². The Kier molecular flexibility index (Phi) is 3.35. The van der Waals surface area contributed by atoms with Crippen LogP contribution in [0.15, 0.2) is 48.8 Å². The van der Waals surface area contributed by atoms with Crippen LogP contribution in [0.25, 0.3) is 5.65 Å². The van der Waals surface area contributed by atoms with Gasteiger partial charge in [-0.3, -0.25) is 4.79 Å². The average molecular weight is 287 g/mol. The van der Waals surface area contributed by atoms with Gasteiger partial charge >= 0.3 is 0 Å². The van der Waals surface area contributed by atoms with E-state index < -0.39 is 5.82 Å². The molecule has 0 spiro atoms. The molecule has 1 aromatic carbocycles. The normalized spacial score (nSPS) is 10.8. The van der Waals surface area contributed by atoms with Gasteiger partial charge in [-0.15, -0.1) is 0 Å². The molecule has 0 bridgehead atoms. The summed E-state index contributed by atoms with van der Waals surface area (Å²) >= 11 is 0. The smallest absolute Gasteiger partial charge is 0.271 e. The fraction of sp³-hybridized carbons (Fsp3) is 0.0667. The third kappa shape index (κ3) is 2.89. The summed E-state index contributed by atoms with van der Waals surface area (Å²) in [4.78, 5) is 16.1. The molecule has 0 unspecified atom stereocenters. The Morgan fingerprint density at radius 1 is 1.05 bits per heavy atom. The van der Waals surface area contributed by atoms with Gasteiger partial charge in [-0.2, -0.15) is 0 Å². The number of carbonyl (C=O) groups is 1. The maximum absolute atomic E-state index is 13.1. The standard InChI is InChI=1S/C15H11F2N3O/c16-11-3-1-10(2-4-11)7-18-15(21)13-9-20-8-12(17)5-6-14(20)19-13/h1-6,8-9H,7H2,(H,18,21). The van der Waals surface area contributed by atoms with Crippen molar-refractivity contribution in [3.63, 3.8) is 0 Å². The summed E-state index contributed by atoms with van der Waals surface area (Å²) in [6.07, 6.45) is 2.71. The van der Waals surface area contributed by atoms with E-state index in [9.17, 15) is 13.6 Å². The molecule has 4 nitrogen and oxygen atoms in total. The van der Waals surface area contributed by atoms with E-state index in [2.05, 4.69) is 10.3 Å². The van der Waals surface area contributed by atoms with Gasteiger partial charge in [-0.25, -0.2) is 13.8 Å². The number of rotatable bonds is 3. The van der Waals surface area contributed by atoms with Gasteiger partial charge in [0.1, 0.15) is 23.0 Å². The van der Waals surface area contributed by atoms with Crippen LogP contribution in [0.1, 0.15) is 16.1 Å². The highest BCUT2D eigenvalue weighted by Gasteiger charge is 2.10. The molecular formula is C15H11F2N3O. The Balaban J connectivity index is 1.73. The molecule has 0 aliphatic heterocycles. The number of hydrogen-bond donors (Lipinski definition) is 1. The number of carbonyl (C=O) groups excluding carboxylic acids is 1. The van der Waals surface area contributed by atoms with Crippen molar-refractivity contribution in [3.8, 4) is 0 Å². The Morgan fingerprint density at radius 3 is 2.52 bits per heavy atom. The van der Waals surface area contributed by atoms with Crippen molar-refractivity contribution >= 4 is 11.6 Å². The lowest BCUT2D eigenvalue weighted by atomic mass is 10.2. The lowest BCUT2D eigenvalue weighted by molar-refractivity contribution is 0.0946. The number of fused-ring (bicyclic) bond motifs is 1. The average Bonchev–Trinajstić information content (AvgIpc) is 2.89. The minimum absolute atomic E-state index is 0.197. The first-order valence-electron chi connectivity index (χ1n) is 6.29. The monoisotopic (exact) mass is 287 g/mol. The number of benzene rings is 1. The Labute approximate surface area is 119 Å². The van der Waals surface area contributed by atoms with Crippen LogP contribution in [-0.2, 0) is 6.54 Å². The molecular weight excluding hydrogens is 276 g/mol. The number of nitrogens with zero attached hydrogens (tertiary/aromatic N) is 2. The summed E-state index contributed by atoms with van der Waals surface area (Å²) < 4.78 is 27.3. The summed E-state index contributed by atoms with van der Waals surface area (Å²) in [5.74, 6) is -1.10. The number of amides is 1. The van der Waals surface area contributed by atoms with Crippen LogP contribution in [0.4, 0.5) is 8.78 Å². The van der Waals surface area contributed by atoms with E-state index in [1.54, 1.807) is 12.1 Å². The fourth-order valence-corrected chi connectivity index (χ4v) is 1.95. The largest absolute Gasteiger partial charge is 0.347 e. The third-order valence-corrected chi connectivity index (χ3v) is 3.01. The van der Waals surface area contributed by atoms with Crippen molar-refractivity contribution in [2.75, 3.05) is 0 Å². The van der Waals surface area contributed by atoms with Gasteiger partial charge in [0, 0.05) is 18.9 Å². The molecule has 0 atom stereocenters. The second-order valence-corrected chi connectivity index (χ2v) is 4.55. The SMILES string of the molecule is O=C(NCc1ccc(F)cc1)c1cn2cc(F)ccc2n1. The third-order valence-electron chi connectivity index (χ3n) is 3.01. The van der Waals surface area contributed by atoms with Gasteiger partial charge in [0.2, 0.25) is 0 Å². The highest BCUT2D eigenvalue weighted by molar-refractivity contribution is 5.92. The zero-order valence-corrected chi connectivity index (χ0v) is 10.9. The molecule has 106 valence electrons. The molecule has 21 heavy (non-hydrogen) atoms. The van der Waals surface area contributed by atoms with Crippen molar-refractivity contribution in [3.05, 3.63) is 71.7 Å². The van der Waals surface area contributed by atoms with E-state index in [0.717, 1.165) is 5.56 Å². The molecule has 1 N–H and O–H groups in total. The minimum Gasteiger partial charge on any atom is -0.347 e. The van der Waals surface area contributed by atoms with Gasteiger partial charge in [0.05, 0.1) is 0 Å². The summed E-state index contributed by atoms with van der Waals surface area (Å²) in [5, 5.41) is 2.68. The molecule has 0 saturated heterocycles. The first kappa shape index (κ1) is 13.2. The summed E-state index contributed by atoms with van der Waals surface area (Å²) in [5.41, 5.74) is 1.46. The van der Waals surface area contributed by atoms with Crippen molar-refractivity contribution in [2.45, 2.75) is 6.54 Å². The number of nitrogens with one attached hydrogen (secondary N) is 1. The van der Waals surface area contributed by atoms with Crippen LogP contribution in [0.3, 0.4) is 0 Å². The van der Waals surface area contributed by atoms with E-state index >= 15 is 0 Å². The second kappa shape index (κ2) is 5.32. The van der Waals surface area contributed by atoms with E-state index in [0.29, 0.717) is 5.65 Å². The predicted molar refractivity (Wildman–Crippen MR) is 72.7 cm³/mol. The highest BCUT2D eigenvalue weighted by atomic mass is 19.1. The van der Waals surface area contributed by atoms with Gasteiger partial charge in [0.15, 0.2) is 0 Å². The number of imidazole rings is 1. The predicted octanol–water partition coefficient (Wildman–Crippen LogP) is 2.54. The van der Waals surface area contributed by atoms with Crippen LogP contribution in [0.5, 0.6) is 0 Å². The lowest BCUT2D eigenvalue weighted by Gasteiger charge is -2.03. The van der Waals surface area contributed by atoms with Gasteiger partial charge < -0.3 is 9.72 Å². The first-order valence-corrected chi connectivity index (χ1v) is 6.29. The molecule has 0 aliphatic rings. The summed E-state index contributed by atoms with van der Waals surface area (Å²) in [6.45, 7) is 0.265. The zero-order chi connectivity index (χ0) is 14.8. The van der Waals surface area contributed by atoms with Crippen molar-refractivity contribution < 1.29 is 13.6 Å². The van der Waals surface area contributed by atoms with Gasteiger partial charge in [0.25, 0.3) is 5.91 Å². The molecule has 0 saturated carbocycles. The molecule has 0 fully saturated rings. The van der Waals surface area contributed by atoms with Crippen molar-refractivity contribution in [2.24, 2.45) is 0 Å². The maximum atomic E-state index is 13.1. The summed E-state index contributed by atoms with van der Waals surface area (Å²) in [6, 6.07) is 8.61. The quantitative estimate of drug-likeness (QED) is 0.804. The molecule has 3 aromatic rings. The van der Waals surface area contributed by atoms with E-state index in [4.69, 9.17) is 0 Å². The Morgan fingerprint density at radius 2 is 1.76 bits per heavy atom. The number of aromatic nitrogens is 2. The zero-order valence-electron chi connectivity index (χ0n) is 10.9. The lowest BCUT2D eigenvalue weighted by Crippen LogP contribution is -2.23. The fourth-order valence-electron chi connectivity index (χ4n) is 1.95. The van der Waals surface area contributed by atoms with Gasteiger partial charge in [-0.1, -0.05) is 12.1 Å². The van der Waals surface area contributed by atoms with Crippen molar-refractivity contribution in [1.82, 2.24) is 14.7 Å². The molecule has 3 rings (SSSR count). The Hall–Kier alpha value is -2.76. The Bertz CT molecular complexity index is 796. The second-order valence-electron chi connectivity index (χ2n) is 4.55. The summed E-state index contributed by atoms with van der Waals surface area (Å²) in [7, 11) is 0. The van der Waals surface area contributed by atoms with Crippen LogP contribution >= 0.6 is 0 Å². The minimum atomic E-state index is -0.404.